The molecular formula is C14H14N4. The average molecular weight is 238 g/mol. The van der Waals surface area contributed by atoms with Crippen molar-refractivity contribution in [1.82, 2.24) is 9.97 Å². The van der Waals surface area contributed by atoms with E-state index in [2.05, 4.69) is 21.4 Å². The fourth-order valence-corrected chi connectivity index (χ4v) is 1.82. The van der Waals surface area contributed by atoms with Crippen LogP contribution in [0.4, 0.5) is 5.82 Å². The zero-order chi connectivity index (χ0) is 13.0. The fraction of sp³-hybridized carbons (Fsp3) is 0.214. The van der Waals surface area contributed by atoms with E-state index in [4.69, 9.17) is 5.26 Å². The van der Waals surface area contributed by atoms with E-state index in [0.29, 0.717) is 11.4 Å². The van der Waals surface area contributed by atoms with E-state index in [-0.39, 0.29) is 0 Å². The van der Waals surface area contributed by atoms with Crippen molar-refractivity contribution in [3.05, 3.63) is 41.9 Å². The molecule has 0 unspecified atom stereocenters. The maximum Gasteiger partial charge on any atom is 0.144 e. The highest BCUT2D eigenvalue weighted by Gasteiger charge is 2.09. The molecule has 0 spiro atoms. The number of nitrogens with zero attached hydrogens (tertiary/aromatic N) is 3. The molecule has 0 radical (unpaired) electrons. The largest absolute Gasteiger partial charge is 0.369 e. The Morgan fingerprint density at radius 1 is 1.33 bits per heavy atom. The molecule has 4 heteroatoms. The van der Waals surface area contributed by atoms with Gasteiger partial charge in [0.2, 0.25) is 0 Å². The summed E-state index contributed by atoms with van der Waals surface area (Å²) < 4.78 is 0. The van der Waals surface area contributed by atoms with Gasteiger partial charge >= 0.3 is 0 Å². The predicted molar refractivity (Wildman–Crippen MR) is 71.1 cm³/mol. The van der Waals surface area contributed by atoms with Gasteiger partial charge in [-0.2, -0.15) is 5.26 Å². The Morgan fingerprint density at radius 2 is 2.06 bits per heavy atom. The van der Waals surface area contributed by atoms with Crippen LogP contribution in [0.2, 0.25) is 0 Å². The summed E-state index contributed by atoms with van der Waals surface area (Å²) in [6, 6.07) is 7.88. The lowest BCUT2D eigenvalue weighted by atomic mass is 10.0. The van der Waals surface area contributed by atoms with E-state index in [0.717, 1.165) is 23.4 Å². The Bertz CT molecular complexity index is 585. The third kappa shape index (κ3) is 2.30. The van der Waals surface area contributed by atoms with Gasteiger partial charge in [0.25, 0.3) is 0 Å². The fourth-order valence-electron chi connectivity index (χ4n) is 1.82. The van der Waals surface area contributed by atoms with E-state index in [1.807, 2.05) is 32.0 Å². The van der Waals surface area contributed by atoms with Crippen LogP contribution in [0.25, 0.3) is 11.1 Å². The molecule has 18 heavy (non-hydrogen) atoms. The first-order valence-electron chi connectivity index (χ1n) is 5.82. The second kappa shape index (κ2) is 5.28. The van der Waals surface area contributed by atoms with Crippen molar-refractivity contribution in [1.29, 1.82) is 5.26 Å². The van der Waals surface area contributed by atoms with Crippen molar-refractivity contribution >= 4 is 5.82 Å². The summed E-state index contributed by atoms with van der Waals surface area (Å²) in [5.74, 6) is 0.648. The summed E-state index contributed by atoms with van der Waals surface area (Å²) >= 11 is 0. The first-order valence-corrected chi connectivity index (χ1v) is 5.82. The molecule has 2 aromatic heterocycles. The van der Waals surface area contributed by atoms with Crippen molar-refractivity contribution in [2.24, 2.45) is 0 Å². The van der Waals surface area contributed by atoms with Gasteiger partial charge in [-0.1, -0.05) is 0 Å². The van der Waals surface area contributed by atoms with E-state index < -0.39 is 0 Å². The second-order valence-corrected chi connectivity index (χ2v) is 3.90. The number of aromatic nitrogens is 2. The molecule has 0 saturated heterocycles. The minimum absolute atomic E-state index is 0.564. The number of nitriles is 1. The topological polar surface area (TPSA) is 61.6 Å². The summed E-state index contributed by atoms with van der Waals surface area (Å²) in [7, 11) is 0. The number of nitrogens with one attached hydrogen (secondary N) is 1. The molecule has 4 nitrogen and oxygen atoms in total. The predicted octanol–water partition coefficient (Wildman–Crippen LogP) is 2.76. The van der Waals surface area contributed by atoms with Gasteiger partial charge in [-0.3, -0.25) is 4.98 Å². The minimum Gasteiger partial charge on any atom is -0.369 e. The van der Waals surface area contributed by atoms with Crippen molar-refractivity contribution in [3.8, 4) is 17.2 Å². The van der Waals surface area contributed by atoms with E-state index in [1.54, 1.807) is 12.4 Å². The van der Waals surface area contributed by atoms with Crippen molar-refractivity contribution in [2.45, 2.75) is 13.8 Å². The van der Waals surface area contributed by atoms with Crippen LogP contribution in [0.3, 0.4) is 0 Å². The highest BCUT2D eigenvalue weighted by Crippen LogP contribution is 2.25. The first-order chi connectivity index (χ1) is 8.76. The molecule has 0 aromatic carbocycles. The van der Waals surface area contributed by atoms with E-state index in [9.17, 15) is 0 Å². The smallest absolute Gasteiger partial charge is 0.144 e. The molecule has 0 fully saturated rings. The first kappa shape index (κ1) is 12.1. The quantitative estimate of drug-likeness (QED) is 0.893. The normalized spacial score (nSPS) is 9.83. The Hall–Kier alpha value is -2.41. The summed E-state index contributed by atoms with van der Waals surface area (Å²) in [5.41, 5.74) is 3.45. The third-order valence-corrected chi connectivity index (χ3v) is 2.67. The molecule has 2 rings (SSSR count). The summed E-state index contributed by atoms with van der Waals surface area (Å²) in [6.45, 7) is 4.67. The lowest BCUT2D eigenvalue weighted by Gasteiger charge is -2.10. The van der Waals surface area contributed by atoms with Crippen molar-refractivity contribution < 1.29 is 0 Å². The number of pyridine rings is 2. The Kier molecular flexibility index (Phi) is 3.54. The highest BCUT2D eigenvalue weighted by atomic mass is 15.0. The number of rotatable bonds is 3. The van der Waals surface area contributed by atoms with Crippen LogP contribution in [0.15, 0.2) is 30.6 Å². The maximum atomic E-state index is 9.16. The van der Waals surface area contributed by atoms with Crippen LogP contribution in [-0.2, 0) is 0 Å². The van der Waals surface area contributed by atoms with E-state index >= 15 is 0 Å². The Morgan fingerprint density at radius 3 is 2.67 bits per heavy atom. The Labute approximate surface area is 106 Å². The number of aryl methyl sites for hydroxylation is 1. The lowest BCUT2D eigenvalue weighted by Crippen LogP contribution is -2.04. The zero-order valence-corrected chi connectivity index (χ0v) is 10.4. The molecule has 0 aliphatic carbocycles. The van der Waals surface area contributed by atoms with Crippen molar-refractivity contribution in [2.75, 3.05) is 11.9 Å². The summed E-state index contributed by atoms with van der Waals surface area (Å²) in [4.78, 5) is 8.45. The number of anilines is 1. The van der Waals surface area contributed by atoms with Crippen LogP contribution >= 0.6 is 0 Å². The molecule has 0 aliphatic heterocycles. The summed E-state index contributed by atoms with van der Waals surface area (Å²) in [6.07, 6.45) is 3.47. The van der Waals surface area contributed by atoms with Gasteiger partial charge in [-0.05, 0) is 37.6 Å². The minimum atomic E-state index is 0.564. The van der Waals surface area contributed by atoms with Crippen LogP contribution in [0.5, 0.6) is 0 Å². The van der Waals surface area contributed by atoms with Crippen LogP contribution in [0.1, 0.15) is 18.2 Å². The average Bonchev–Trinajstić information content (AvgIpc) is 2.40. The van der Waals surface area contributed by atoms with Crippen LogP contribution in [-0.4, -0.2) is 16.5 Å². The molecule has 2 aromatic rings. The number of hydrogen-bond acceptors (Lipinski definition) is 4. The molecular weight excluding hydrogens is 224 g/mol. The Balaban J connectivity index is 2.54. The molecule has 0 atom stereocenters. The van der Waals surface area contributed by atoms with Crippen LogP contribution in [0, 0.1) is 18.3 Å². The van der Waals surface area contributed by atoms with E-state index in [1.165, 1.54) is 0 Å². The molecule has 1 N–H and O–H groups in total. The second-order valence-electron chi connectivity index (χ2n) is 3.90. The SMILES string of the molecule is CCNc1nc(C)c(-c2ccncc2)cc1C#N. The molecule has 90 valence electrons. The van der Waals surface area contributed by atoms with Gasteiger partial charge in [0, 0.05) is 30.2 Å². The van der Waals surface area contributed by atoms with Gasteiger partial charge in [0.1, 0.15) is 11.9 Å². The maximum absolute atomic E-state index is 9.16. The van der Waals surface area contributed by atoms with Gasteiger partial charge in [-0.25, -0.2) is 4.98 Å². The number of hydrogen-bond donors (Lipinski definition) is 1. The molecule has 0 aliphatic rings. The van der Waals surface area contributed by atoms with Crippen molar-refractivity contribution in [3.63, 3.8) is 0 Å². The molecule has 0 amide bonds. The zero-order valence-electron chi connectivity index (χ0n) is 10.4. The summed E-state index contributed by atoms with van der Waals surface area (Å²) in [5, 5.41) is 12.3. The van der Waals surface area contributed by atoms with Gasteiger partial charge in [0.05, 0.1) is 5.56 Å². The van der Waals surface area contributed by atoms with Gasteiger partial charge < -0.3 is 5.32 Å². The highest BCUT2D eigenvalue weighted by molar-refractivity contribution is 5.70. The third-order valence-electron chi connectivity index (χ3n) is 2.67. The monoisotopic (exact) mass is 238 g/mol. The van der Waals surface area contributed by atoms with Gasteiger partial charge in [-0.15, -0.1) is 0 Å². The molecule has 0 saturated carbocycles. The lowest BCUT2D eigenvalue weighted by molar-refractivity contribution is 1.12. The van der Waals surface area contributed by atoms with Gasteiger partial charge in [0.15, 0.2) is 0 Å². The molecule has 2 heterocycles. The van der Waals surface area contributed by atoms with Crippen LogP contribution < -0.4 is 5.32 Å². The standard InChI is InChI=1S/C14H14N4/c1-3-17-14-12(9-15)8-13(10(2)18-14)11-4-6-16-7-5-11/h4-8H,3H2,1-2H3,(H,17,18). The molecule has 0 bridgehead atoms.